The predicted octanol–water partition coefficient (Wildman–Crippen LogP) is 5.42. The maximum Gasteiger partial charge on any atom is 0.516 e. The Labute approximate surface area is 166 Å². The van der Waals surface area contributed by atoms with Gasteiger partial charge in [0.2, 0.25) is 0 Å². The fourth-order valence-corrected chi connectivity index (χ4v) is 2.69. The Morgan fingerprint density at radius 1 is 1.03 bits per heavy atom. The fraction of sp³-hybridized carbons (Fsp3) is 0.188. The van der Waals surface area contributed by atoms with Gasteiger partial charge in [0.1, 0.15) is 0 Å². The normalized spacial score (nSPS) is 13.3. The van der Waals surface area contributed by atoms with E-state index in [1.54, 1.807) is 0 Å². The molecular formula is C16H11ClF6N2O3S. The molecule has 0 unspecified atom stereocenters. The molecule has 2 rings (SSSR count). The number of nitrogens with zero attached hydrogens (tertiary/aromatic N) is 1. The van der Waals surface area contributed by atoms with E-state index >= 15 is 0 Å². The number of rotatable bonds is 5. The molecule has 0 amide bonds. The first kappa shape index (κ1) is 22.8. The molecule has 0 saturated carbocycles. The predicted molar refractivity (Wildman–Crippen MR) is 94.3 cm³/mol. The van der Waals surface area contributed by atoms with Crippen molar-refractivity contribution in [1.82, 2.24) is 0 Å². The second-order valence-corrected chi connectivity index (χ2v) is 7.64. The van der Waals surface area contributed by atoms with E-state index in [0.29, 0.717) is 11.1 Å². The Kier molecular flexibility index (Phi) is 6.38. The molecule has 5 nitrogen and oxygen atoms in total. The molecule has 158 valence electrons. The number of benzene rings is 2. The lowest BCUT2D eigenvalue weighted by Crippen LogP contribution is -2.30. The van der Waals surface area contributed by atoms with Crippen LogP contribution in [0.3, 0.4) is 0 Å². The summed E-state index contributed by atoms with van der Waals surface area (Å²) in [4.78, 5) is 5.03. The second-order valence-electron chi connectivity index (χ2n) is 5.53. The van der Waals surface area contributed by atoms with E-state index in [0.717, 1.165) is 10.8 Å². The van der Waals surface area contributed by atoms with Gasteiger partial charge in [0.05, 0.1) is 17.0 Å². The van der Waals surface area contributed by atoms with E-state index in [-0.39, 0.29) is 23.1 Å². The third kappa shape index (κ3) is 5.76. The molecule has 0 heterocycles. The topological polar surface area (TPSA) is 67.8 Å². The van der Waals surface area contributed by atoms with Crippen LogP contribution in [0.5, 0.6) is 5.75 Å². The Morgan fingerprint density at radius 3 is 2.14 bits per heavy atom. The molecule has 0 aliphatic heterocycles. The first-order valence-corrected chi connectivity index (χ1v) is 9.35. The standard InChI is InChI=1S/C16H11ClF6N2O3S/c1-9(24-28-12-5-3-11(17)4-6-12)13-7-2-10(15(18,19)20)8-14(13)25-29(26,27)16(21,22)23/h2-8,25H,1H3/b24-9-. The minimum atomic E-state index is -5.97. The summed E-state index contributed by atoms with van der Waals surface area (Å²) in [6.07, 6.45) is -4.91. The molecule has 0 bridgehead atoms. The van der Waals surface area contributed by atoms with Gasteiger partial charge in [-0.25, -0.2) is 0 Å². The number of oxime groups is 1. The van der Waals surface area contributed by atoms with Gasteiger partial charge in [0.15, 0.2) is 5.75 Å². The van der Waals surface area contributed by atoms with Gasteiger partial charge in [-0.1, -0.05) is 22.8 Å². The van der Waals surface area contributed by atoms with Gasteiger partial charge in [-0.15, -0.1) is 0 Å². The molecule has 0 fully saturated rings. The average molecular weight is 461 g/mol. The molecule has 0 aromatic heterocycles. The molecular weight excluding hydrogens is 450 g/mol. The largest absolute Gasteiger partial charge is 0.516 e. The zero-order valence-corrected chi connectivity index (χ0v) is 15.8. The highest BCUT2D eigenvalue weighted by Crippen LogP contribution is 2.34. The van der Waals surface area contributed by atoms with Crippen LogP contribution in [-0.2, 0) is 16.2 Å². The maximum atomic E-state index is 12.9. The van der Waals surface area contributed by atoms with Gasteiger partial charge < -0.3 is 4.84 Å². The first-order chi connectivity index (χ1) is 13.2. The lowest BCUT2D eigenvalue weighted by Gasteiger charge is -2.16. The van der Waals surface area contributed by atoms with Crippen LogP contribution >= 0.6 is 11.6 Å². The van der Waals surface area contributed by atoms with E-state index in [9.17, 15) is 34.8 Å². The van der Waals surface area contributed by atoms with Crippen molar-refractivity contribution in [3.63, 3.8) is 0 Å². The molecule has 0 atom stereocenters. The number of nitrogens with one attached hydrogen (secondary N) is 1. The van der Waals surface area contributed by atoms with Gasteiger partial charge >= 0.3 is 21.7 Å². The minimum Gasteiger partial charge on any atom is -0.357 e. The van der Waals surface area contributed by atoms with Crippen LogP contribution in [0, 0.1) is 0 Å². The van der Waals surface area contributed by atoms with E-state index in [4.69, 9.17) is 16.4 Å². The first-order valence-electron chi connectivity index (χ1n) is 7.48. The minimum absolute atomic E-state index is 0.179. The quantitative estimate of drug-likeness (QED) is 0.368. The molecule has 0 aliphatic carbocycles. The van der Waals surface area contributed by atoms with Crippen molar-refractivity contribution in [3.05, 3.63) is 58.6 Å². The lowest BCUT2D eigenvalue weighted by atomic mass is 10.1. The fourth-order valence-electron chi connectivity index (χ4n) is 1.99. The zero-order valence-electron chi connectivity index (χ0n) is 14.3. The number of alkyl halides is 6. The van der Waals surface area contributed by atoms with Crippen molar-refractivity contribution in [1.29, 1.82) is 0 Å². The van der Waals surface area contributed by atoms with Crippen molar-refractivity contribution >= 4 is 33.0 Å². The summed E-state index contributed by atoms with van der Waals surface area (Å²) in [5.74, 6) is 0.179. The van der Waals surface area contributed by atoms with Gasteiger partial charge in [-0.05, 0) is 43.3 Å². The van der Waals surface area contributed by atoms with Gasteiger partial charge in [-0.2, -0.15) is 34.8 Å². The van der Waals surface area contributed by atoms with Crippen molar-refractivity contribution in [2.24, 2.45) is 5.16 Å². The summed E-state index contributed by atoms with van der Waals surface area (Å²) in [6, 6.07) is 7.34. The van der Waals surface area contributed by atoms with Crippen LogP contribution in [0.4, 0.5) is 32.0 Å². The average Bonchev–Trinajstić information content (AvgIpc) is 2.59. The SMILES string of the molecule is C/C(=N/Oc1ccc(Cl)cc1)c1ccc(C(F)(F)F)cc1NS(=O)(=O)C(F)(F)F. The Balaban J connectivity index is 2.46. The van der Waals surface area contributed by atoms with Crippen LogP contribution in [0.1, 0.15) is 18.1 Å². The summed E-state index contributed by atoms with van der Waals surface area (Å²) in [5, 5.41) is 4.01. The van der Waals surface area contributed by atoms with Crippen LogP contribution in [0.25, 0.3) is 0 Å². The maximum absolute atomic E-state index is 12.9. The van der Waals surface area contributed by atoms with Crippen LogP contribution in [0.15, 0.2) is 47.6 Å². The lowest BCUT2D eigenvalue weighted by molar-refractivity contribution is -0.137. The van der Waals surface area contributed by atoms with Crippen molar-refractivity contribution < 1.29 is 39.6 Å². The molecule has 0 spiro atoms. The third-order valence-corrected chi connectivity index (χ3v) is 4.74. The summed E-state index contributed by atoms with van der Waals surface area (Å²) in [7, 11) is -5.97. The number of hydrogen-bond acceptors (Lipinski definition) is 4. The summed E-state index contributed by atoms with van der Waals surface area (Å²) in [6.45, 7) is 1.21. The number of hydrogen-bond donors (Lipinski definition) is 1. The molecule has 1 N–H and O–H groups in total. The second kappa shape index (κ2) is 8.11. The molecule has 2 aromatic rings. The van der Waals surface area contributed by atoms with Crippen molar-refractivity contribution in [2.75, 3.05) is 4.72 Å². The third-order valence-electron chi connectivity index (χ3n) is 3.39. The van der Waals surface area contributed by atoms with E-state index in [1.165, 1.54) is 31.2 Å². The monoisotopic (exact) mass is 460 g/mol. The zero-order chi connectivity index (χ0) is 22.0. The Bertz CT molecular complexity index is 1020. The van der Waals surface area contributed by atoms with Crippen molar-refractivity contribution in [3.8, 4) is 5.75 Å². The van der Waals surface area contributed by atoms with Gasteiger partial charge in [0.25, 0.3) is 0 Å². The smallest absolute Gasteiger partial charge is 0.357 e. The highest BCUT2D eigenvalue weighted by atomic mass is 35.5. The van der Waals surface area contributed by atoms with Crippen LogP contribution in [-0.4, -0.2) is 19.6 Å². The highest BCUT2D eigenvalue weighted by molar-refractivity contribution is 7.93. The molecule has 29 heavy (non-hydrogen) atoms. The molecule has 13 heteroatoms. The molecule has 2 aromatic carbocycles. The summed E-state index contributed by atoms with van der Waals surface area (Å²) >= 11 is 5.70. The van der Waals surface area contributed by atoms with Crippen molar-refractivity contribution in [2.45, 2.75) is 18.6 Å². The number of sulfonamides is 1. The Hall–Kier alpha value is -2.47. The summed E-state index contributed by atoms with van der Waals surface area (Å²) in [5.41, 5.74) is -8.58. The Morgan fingerprint density at radius 2 is 1.62 bits per heavy atom. The van der Waals surface area contributed by atoms with E-state index in [2.05, 4.69) is 5.16 Å². The molecule has 0 radical (unpaired) electrons. The van der Waals surface area contributed by atoms with Gasteiger partial charge in [-0.3, -0.25) is 4.72 Å². The number of anilines is 1. The van der Waals surface area contributed by atoms with E-state index < -0.39 is 33.0 Å². The van der Waals surface area contributed by atoms with E-state index in [1.807, 2.05) is 0 Å². The summed E-state index contributed by atoms with van der Waals surface area (Å²) < 4.78 is 101. The number of halogens is 7. The molecule has 0 saturated heterocycles. The highest BCUT2D eigenvalue weighted by Gasteiger charge is 2.46. The molecule has 0 aliphatic rings. The van der Waals surface area contributed by atoms with Crippen LogP contribution in [0.2, 0.25) is 5.02 Å². The van der Waals surface area contributed by atoms with Crippen LogP contribution < -0.4 is 9.56 Å². The van der Waals surface area contributed by atoms with Gasteiger partial charge in [0, 0.05) is 10.6 Å².